The molecule has 3 aromatic rings. The predicted molar refractivity (Wildman–Crippen MR) is 115 cm³/mol. The summed E-state index contributed by atoms with van der Waals surface area (Å²) >= 11 is 0. The first kappa shape index (κ1) is 20.0. The van der Waals surface area contributed by atoms with Crippen LogP contribution in [-0.2, 0) is 12.8 Å². The van der Waals surface area contributed by atoms with Crippen LogP contribution >= 0.6 is 0 Å². The van der Waals surface area contributed by atoms with Gasteiger partial charge in [0.2, 0.25) is 13.6 Å². The SMILES string of the molecule is O=C(Nc1ccc2c(c1)OCO2)NC(Cc1ccc(F)cc1)Cc1ccc2c(c1)OCO2. The van der Waals surface area contributed by atoms with Gasteiger partial charge in [-0.05, 0) is 60.4 Å². The second-order valence-electron chi connectivity index (χ2n) is 7.59. The number of nitrogens with one attached hydrogen (secondary N) is 2. The Kier molecular flexibility index (Phi) is 5.41. The van der Waals surface area contributed by atoms with E-state index in [1.54, 1.807) is 30.3 Å². The van der Waals surface area contributed by atoms with Gasteiger partial charge >= 0.3 is 6.03 Å². The number of halogens is 1. The van der Waals surface area contributed by atoms with Gasteiger partial charge in [-0.15, -0.1) is 0 Å². The molecule has 0 radical (unpaired) electrons. The maximum atomic E-state index is 13.3. The van der Waals surface area contributed by atoms with Gasteiger partial charge in [0, 0.05) is 17.8 Å². The minimum absolute atomic E-state index is 0.167. The van der Waals surface area contributed by atoms with E-state index in [0.29, 0.717) is 41.5 Å². The standard InChI is InChI=1S/C24H21FN2O5/c25-17-4-1-15(2-5-17)9-19(10-16-3-7-20-22(11-16)31-13-29-20)27-24(28)26-18-6-8-21-23(12-18)32-14-30-21/h1-8,11-12,19H,9-10,13-14H2,(H2,26,27,28). The van der Waals surface area contributed by atoms with Crippen LogP contribution in [0.3, 0.4) is 0 Å². The van der Waals surface area contributed by atoms with Crippen molar-refractivity contribution in [2.24, 2.45) is 0 Å². The molecule has 0 aliphatic carbocycles. The van der Waals surface area contributed by atoms with E-state index in [2.05, 4.69) is 10.6 Å². The lowest BCUT2D eigenvalue weighted by molar-refractivity contribution is 0.173. The van der Waals surface area contributed by atoms with E-state index >= 15 is 0 Å². The first-order valence-electron chi connectivity index (χ1n) is 10.2. The largest absolute Gasteiger partial charge is 0.454 e. The van der Waals surface area contributed by atoms with Crippen molar-refractivity contribution < 1.29 is 28.1 Å². The maximum Gasteiger partial charge on any atom is 0.319 e. The molecule has 0 saturated heterocycles. The molecule has 2 amide bonds. The molecule has 2 N–H and O–H groups in total. The van der Waals surface area contributed by atoms with Crippen LogP contribution in [0.1, 0.15) is 11.1 Å². The number of ether oxygens (including phenoxy) is 4. The number of urea groups is 1. The summed E-state index contributed by atoms with van der Waals surface area (Å²) in [6.07, 6.45) is 1.09. The average Bonchev–Trinajstić information content (AvgIpc) is 3.43. The third-order valence-electron chi connectivity index (χ3n) is 5.28. The first-order chi connectivity index (χ1) is 15.6. The molecule has 2 heterocycles. The van der Waals surface area contributed by atoms with Gasteiger partial charge in [0.05, 0.1) is 0 Å². The highest BCUT2D eigenvalue weighted by atomic mass is 19.1. The predicted octanol–water partition coefficient (Wildman–Crippen LogP) is 4.26. The van der Waals surface area contributed by atoms with Crippen molar-refractivity contribution in [2.45, 2.75) is 18.9 Å². The first-order valence-corrected chi connectivity index (χ1v) is 10.2. The smallest absolute Gasteiger partial charge is 0.319 e. The summed E-state index contributed by atoms with van der Waals surface area (Å²) in [7, 11) is 0. The molecular weight excluding hydrogens is 415 g/mol. The molecule has 1 unspecified atom stereocenters. The van der Waals surface area contributed by atoms with E-state index in [-0.39, 0.29) is 31.5 Å². The molecule has 2 aliphatic heterocycles. The van der Waals surface area contributed by atoms with Crippen molar-refractivity contribution >= 4 is 11.7 Å². The van der Waals surface area contributed by atoms with E-state index in [1.807, 2.05) is 18.2 Å². The number of fused-ring (bicyclic) bond motifs is 2. The maximum absolute atomic E-state index is 13.3. The molecule has 7 nitrogen and oxygen atoms in total. The Labute approximate surface area is 184 Å². The Morgan fingerprint density at radius 1 is 0.781 bits per heavy atom. The Balaban J connectivity index is 1.30. The van der Waals surface area contributed by atoms with Gasteiger partial charge in [-0.1, -0.05) is 18.2 Å². The Bertz CT molecular complexity index is 1140. The molecule has 1 atom stereocenters. The molecule has 0 spiro atoms. The molecule has 0 bridgehead atoms. The number of rotatable bonds is 6. The van der Waals surface area contributed by atoms with E-state index in [9.17, 15) is 9.18 Å². The molecule has 0 fully saturated rings. The second-order valence-corrected chi connectivity index (χ2v) is 7.59. The van der Waals surface area contributed by atoms with Gasteiger partial charge in [-0.2, -0.15) is 0 Å². The molecule has 32 heavy (non-hydrogen) atoms. The fraction of sp³-hybridized carbons (Fsp3) is 0.208. The number of amides is 2. The Morgan fingerprint density at radius 3 is 2.12 bits per heavy atom. The molecule has 0 aromatic heterocycles. The number of benzene rings is 3. The number of carbonyl (C=O) groups excluding carboxylic acids is 1. The van der Waals surface area contributed by atoms with E-state index in [4.69, 9.17) is 18.9 Å². The number of hydrogen-bond donors (Lipinski definition) is 2. The van der Waals surface area contributed by atoms with Gasteiger partial charge in [0.25, 0.3) is 0 Å². The molecule has 164 valence electrons. The summed E-state index contributed by atoms with van der Waals surface area (Å²) in [5.74, 6) is 2.33. The monoisotopic (exact) mass is 436 g/mol. The fourth-order valence-corrected chi connectivity index (χ4v) is 3.76. The lowest BCUT2D eigenvalue weighted by Crippen LogP contribution is -2.40. The highest BCUT2D eigenvalue weighted by Crippen LogP contribution is 2.34. The van der Waals surface area contributed by atoms with Crippen LogP contribution in [0.5, 0.6) is 23.0 Å². The van der Waals surface area contributed by atoms with Crippen molar-refractivity contribution in [3.8, 4) is 23.0 Å². The summed E-state index contributed by atoms with van der Waals surface area (Å²) in [4.78, 5) is 12.7. The summed E-state index contributed by atoms with van der Waals surface area (Å²) in [6, 6.07) is 16.6. The number of hydrogen-bond acceptors (Lipinski definition) is 5. The fourth-order valence-electron chi connectivity index (χ4n) is 3.76. The third-order valence-corrected chi connectivity index (χ3v) is 5.28. The van der Waals surface area contributed by atoms with Crippen molar-refractivity contribution in [3.63, 3.8) is 0 Å². The Hall–Kier alpha value is -3.94. The van der Waals surface area contributed by atoms with Crippen LogP contribution in [0, 0.1) is 5.82 Å². The lowest BCUT2D eigenvalue weighted by atomic mass is 9.98. The summed E-state index contributed by atoms with van der Waals surface area (Å²) in [5.41, 5.74) is 2.50. The topological polar surface area (TPSA) is 78.1 Å². The van der Waals surface area contributed by atoms with Crippen LogP contribution in [0.25, 0.3) is 0 Å². The van der Waals surface area contributed by atoms with E-state index in [0.717, 1.165) is 11.1 Å². The normalized spacial score (nSPS) is 14.2. The Morgan fingerprint density at radius 2 is 1.38 bits per heavy atom. The van der Waals surface area contributed by atoms with Crippen molar-refractivity contribution in [1.29, 1.82) is 0 Å². The van der Waals surface area contributed by atoms with Crippen molar-refractivity contribution in [2.75, 3.05) is 18.9 Å². The van der Waals surface area contributed by atoms with Crippen molar-refractivity contribution in [3.05, 3.63) is 77.6 Å². The van der Waals surface area contributed by atoms with Crippen LogP contribution in [0.4, 0.5) is 14.9 Å². The zero-order valence-electron chi connectivity index (χ0n) is 17.1. The van der Waals surface area contributed by atoms with Crippen LogP contribution < -0.4 is 29.6 Å². The van der Waals surface area contributed by atoms with Crippen molar-refractivity contribution in [1.82, 2.24) is 5.32 Å². The van der Waals surface area contributed by atoms with Gasteiger partial charge < -0.3 is 29.6 Å². The third kappa shape index (κ3) is 4.54. The number of carbonyl (C=O) groups is 1. The lowest BCUT2D eigenvalue weighted by Gasteiger charge is -2.20. The van der Waals surface area contributed by atoms with Crippen LogP contribution in [-0.4, -0.2) is 25.7 Å². The zero-order chi connectivity index (χ0) is 21.9. The minimum atomic E-state index is -0.350. The van der Waals surface area contributed by atoms with Crippen LogP contribution in [0.2, 0.25) is 0 Å². The van der Waals surface area contributed by atoms with Crippen LogP contribution in [0.15, 0.2) is 60.7 Å². The van der Waals surface area contributed by atoms with E-state index in [1.165, 1.54) is 12.1 Å². The molecule has 5 rings (SSSR count). The number of anilines is 1. The van der Waals surface area contributed by atoms with E-state index < -0.39 is 0 Å². The summed E-state index contributed by atoms with van der Waals surface area (Å²) < 4.78 is 34.8. The molecule has 8 heteroatoms. The summed E-state index contributed by atoms with van der Waals surface area (Å²) in [6.45, 7) is 0.369. The quantitative estimate of drug-likeness (QED) is 0.604. The van der Waals surface area contributed by atoms with Gasteiger partial charge in [-0.3, -0.25) is 0 Å². The zero-order valence-corrected chi connectivity index (χ0v) is 17.1. The average molecular weight is 436 g/mol. The second kappa shape index (κ2) is 8.66. The minimum Gasteiger partial charge on any atom is -0.454 e. The molecular formula is C24H21FN2O5. The molecule has 2 aliphatic rings. The van der Waals surface area contributed by atoms with Gasteiger partial charge in [-0.25, -0.2) is 9.18 Å². The van der Waals surface area contributed by atoms with Gasteiger partial charge in [0.1, 0.15) is 5.82 Å². The highest BCUT2D eigenvalue weighted by molar-refractivity contribution is 5.90. The summed E-state index contributed by atoms with van der Waals surface area (Å²) in [5, 5.41) is 5.86. The molecule has 0 saturated carbocycles. The van der Waals surface area contributed by atoms with Gasteiger partial charge in [0.15, 0.2) is 23.0 Å². The molecule has 3 aromatic carbocycles. The highest BCUT2D eigenvalue weighted by Gasteiger charge is 2.19.